The number of benzene rings is 2. The number of anilines is 1. The molecule has 0 radical (unpaired) electrons. The largest absolute Gasteiger partial charge is 0.334 e. The molecule has 2 aromatic carbocycles. The van der Waals surface area contributed by atoms with Crippen LogP contribution in [0.2, 0.25) is 0 Å². The van der Waals surface area contributed by atoms with Crippen molar-refractivity contribution in [2.75, 3.05) is 11.4 Å². The average Bonchev–Trinajstić information content (AvgIpc) is 3.31. The van der Waals surface area contributed by atoms with Gasteiger partial charge in [-0.15, -0.1) is 0 Å². The van der Waals surface area contributed by atoms with Crippen LogP contribution in [0.15, 0.2) is 47.0 Å². The second-order valence-electron chi connectivity index (χ2n) is 6.51. The monoisotopic (exact) mass is 369 g/mol. The highest BCUT2D eigenvalue weighted by Crippen LogP contribution is 2.32. The van der Waals surface area contributed by atoms with Gasteiger partial charge in [-0.1, -0.05) is 24.2 Å². The summed E-state index contributed by atoms with van der Waals surface area (Å²) in [6.07, 6.45) is 1.13. The second kappa shape index (κ2) is 6.90. The molecule has 0 aliphatic carbocycles. The van der Waals surface area contributed by atoms with Crippen LogP contribution in [0.5, 0.6) is 0 Å². The van der Waals surface area contributed by atoms with Gasteiger partial charge in [-0.2, -0.15) is 4.98 Å². The van der Waals surface area contributed by atoms with E-state index in [1.54, 1.807) is 0 Å². The van der Waals surface area contributed by atoms with Gasteiger partial charge in [0, 0.05) is 36.2 Å². The smallest absolute Gasteiger partial charge is 0.257 e. The van der Waals surface area contributed by atoms with Crippen molar-refractivity contribution < 1.29 is 18.1 Å². The molecule has 1 atom stereocenters. The zero-order valence-corrected chi connectivity index (χ0v) is 14.7. The SMILES string of the molecule is CCc1ccc(-c2nc(C3CC(=O)N(c4ccc(F)c(F)c4)C3)no2)cc1. The Labute approximate surface area is 154 Å². The van der Waals surface area contributed by atoms with Gasteiger partial charge >= 0.3 is 0 Å². The van der Waals surface area contributed by atoms with Crippen molar-refractivity contribution in [3.8, 4) is 11.5 Å². The number of hydrogen-bond donors (Lipinski definition) is 0. The van der Waals surface area contributed by atoms with E-state index in [0.717, 1.165) is 24.1 Å². The highest BCUT2D eigenvalue weighted by Gasteiger charge is 2.35. The maximum Gasteiger partial charge on any atom is 0.257 e. The topological polar surface area (TPSA) is 59.2 Å². The Bertz CT molecular complexity index is 985. The summed E-state index contributed by atoms with van der Waals surface area (Å²) >= 11 is 0. The van der Waals surface area contributed by atoms with Gasteiger partial charge < -0.3 is 9.42 Å². The lowest BCUT2D eigenvalue weighted by Gasteiger charge is -2.16. The summed E-state index contributed by atoms with van der Waals surface area (Å²) in [5.74, 6) is -1.56. The molecule has 0 bridgehead atoms. The van der Waals surface area contributed by atoms with Crippen LogP contribution in [0, 0.1) is 11.6 Å². The van der Waals surface area contributed by atoms with E-state index in [2.05, 4.69) is 17.1 Å². The van der Waals surface area contributed by atoms with Crippen LogP contribution in [0.4, 0.5) is 14.5 Å². The first-order valence-corrected chi connectivity index (χ1v) is 8.73. The van der Waals surface area contributed by atoms with Crippen molar-refractivity contribution in [3.05, 3.63) is 65.5 Å². The standard InChI is InChI=1S/C20H17F2N3O2/c1-2-12-3-5-13(6-4-12)20-23-19(24-27-20)14-9-18(26)25(11-14)15-7-8-16(21)17(22)10-15/h3-8,10,14H,2,9,11H2,1H3. The second-order valence-corrected chi connectivity index (χ2v) is 6.51. The molecule has 1 amide bonds. The molecule has 4 rings (SSSR count). The highest BCUT2D eigenvalue weighted by molar-refractivity contribution is 5.96. The summed E-state index contributed by atoms with van der Waals surface area (Å²) in [6, 6.07) is 11.3. The van der Waals surface area contributed by atoms with Crippen LogP contribution >= 0.6 is 0 Å². The lowest BCUT2D eigenvalue weighted by atomic mass is 10.1. The highest BCUT2D eigenvalue weighted by atomic mass is 19.2. The molecule has 1 aliphatic heterocycles. The quantitative estimate of drug-likeness (QED) is 0.695. The first-order chi connectivity index (χ1) is 13.0. The number of halogens is 2. The van der Waals surface area contributed by atoms with Crippen molar-refractivity contribution in [1.82, 2.24) is 10.1 Å². The molecule has 0 N–H and O–H groups in total. The molecule has 1 fully saturated rings. The molecule has 5 nitrogen and oxygen atoms in total. The predicted octanol–water partition coefficient (Wildman–Crippen LogP) is 4.10. The van der Waals surface area contributed by atoms with Gasteiger partial charge in [-0.3, -0.25) is 4.79 Å². The zero-order valence-electron chi connectivity index (χ0n) is 14.7. The third-order valence-corrected chi connectivity index (χ3v) is 4.76. The lowest BCUT2D eigenvalue weighted by Crippen LogP contribution is -2.24. The molecular formula is C20H17F2N3O2. The van der Waals surface area contributed by atoms with Gasteiger partial charge in [-0.25, -0.2) is 8.78 Å². The summed E-state index contributed by atoms with van der Waals surface area (Å²) in [7, 11) is 0. The molecule has 0 spiro atoms. The Morgan fingerprint density at radius 2 is 1.93 bits per heavy atom. The minimum absolute atomic E-state index is 0.187. The molecular weight excluding hydrogens is 352 g/mol. The van der Waals surface area contributed by atoms with Gasteiger partial charge in [0.05, 0.1) is 0 Å². The van der Waals surface area contributed by atoms with Crippen LogP contribution in [0.25, 0.3) is 11.5 Å². The molecule has 1 saturated heterocycles. The van der Waals surface area contributed by atoms with Crippen molar-refractivity contribution in [1.29, 1.82) is 0 Å². The third kappa shape index (κ3) is 3.32. The van der Waals surface area contributed by atoms with Gasteiger partial charge in [0.2, 0.25) is 5.91 Å². The van der Waals surface area contributed by atoms with Crippen LogP contribution in [-0.4, -0.2) is 22.6 Å². The number of aryl methyl sites for hydroxylation is 1. The minimum atomic E-state index is -0.985. The van der Waals surface area contributed by atoms with E-state index in [1.807, 2.05) is 24.3 Å². The average molecular weight is 369 g/mol. The van der Waals surface area contributed by atoms with Crippen molar-refractivity contribution >= 4 is 11.6 Å². The molecule has 1 unspecified atom stereocenters. The van der Waals surface area contributed by atoms with Crippen molar-refractivity contribution in [2.24, 2.45) is 0 Å². The molecule has 1 aromatic heterocycles. The molecule has 0 saturated carbocycles. The van der Waals surface area contributed by atoms with E-state index in [0.29, 0.717) is 17.4 Å². The van der Waals surface area contributed by atoms with Gasteiger partial charge in [0.25, 0.3) is 5.89 Å². The van der Waals surface area contributed by atoms with E-state index in [1.165, 1.54) is 16.5 Å². The molecule has 27 heavy (non-hydrogen) atoms. The van der Waals surface area contributed by atoms with Crippen LogP contribution in [0.3, 0.4) is 0 Å². The normalized spacial score (nSPS) is 16.9. The Morgan fingerprint density at radius 3 is 2.63 bits per heavy atom. The minimum Gasteiger partial charge on any atom is -0.334 e. The number of nitrogens with zero attached hydrogens (tertiary/aromatic N) is 3. The number of aromatic nitrogens is 2. The van der Waals surface area contributed by atoms with Crippen molar-refractivity contribution in [2.45, 2.75) is 25.7 Å². The van der Waals surface area contributed by atoms with E-state index in [9.17, 15) is 13.6 Å². The third-order valence-electron chi connectivity index (χ3n) is 4.76. The fourth-order valence-electron chi connectivity index (χ4n) is 3.18. The van der Waals surface area contributed by atoms with E-state index in [-0.39, 0.29) is 24.8 Å². The lowest BCUT2D eigenvalue weighted by molar-refractivity contribution is -0.117. The number of amides is 1. The van der Waals surface area contributed by atoms with E-state index >= 15 is 0 Å². The Kier molecular flexibility index (Phi) is 4.43. The van der Waals surface area contributed by atoms with Crippen LogP contribution in [-0.2, 0) is 11.2 Å². The zero-order chi connectivity index (χ0) is 19.0. The number of rotatable bonds is 4. The Hall–Kier alpha value is -3.09. The molecule has 1 aliphatic rings. The van der Waals surface area contributed by atoms with E-state index in [4.69, 9.17) is 4.52 Å². The first kappa shape index (κ1) is 17.3. The Morgan fingerprint density at radius 1 is 1.15 bits per heavy atom. The van der Waals surface area contributed by atoms with Crippen LogP contribution in [0.1, 0.15) is 30.7 Å². The van der Waals surface area contributed by atoms with E-state index < -0.39 is 11.6 Å². The first-order valence-electron chi connectivity index (χ1n) is 8.73. The van der Waals surface area contributed by atoms with Gasteiger partial charge in [0.15, 0.2) is 17.5 Å². The fourth-order valence-corrected chi connectivity index (χ4v) is 3.18. The molecule has 138 valence electrons. The number of carbonyl (C=O) groups is 1. The van der Waals surface area contributed by atoms with Gasteiger partial charge in [0.1, 0.15) is 0 Å². The summed E-state index contributed by atoms with van der Waals surface area (Å²) in [4.78, 5) is 18.2. The summed E-state index contributed by atoms with van der Waals surface area (Å²) in [6.45, 7) is 2.37. The predicted molar refractivity (Wildman–Crippen MR) is 95.2 cm³/mol. The summed E-state index contributed by atoms with van der Waals surface area (Å²) < 4.78 is 31.9. The molecule has 2 heterocycles. The van der Waals surface area contributed by atoms with Crippen molar-refractivity contribution in [3.63, 3.8) is 0 Å². The van der Waals surface area contributed by atoms with Crippen LogP contribution < -0.4 is 4.90 Å². The van der Waals surface area contributed by atoms with Gasteiger partial charge in [-0.05, 0) is 36.2 Å². The molecule has 3 aromatic rings. The fraction of sp³-hybridized carbons (Fsp3) is 0.250. The molecule has 7 heteroatoms. The maximum absolute atomic E-state index is 13.5. The number of hydrogen-bond acceptors (Lipinski definition) is 4. The Balaban J connectivity index is 1.53. The summed E-state index contributed by atoms with van der Waals surface area (Å²) in [5, 5.41) is 4.01. The number of carbonyl (C=O) groups excluding carboxylic acids is 1. The maximum atomic E-state index is 13.5. The summed E-state index contributed by atoms with van der Waals surface area (Å²) in [5.41, 5.74) is 2.34.